The lowest BCUT2D eigenvalue weighted by Gasteiger charge is -2.10. The molecule has 7 heteroatoms. The summed E-state index contributed by atoms with van der Waals surface area (Å²) in [6.45, 7) is 2.39. The second-order valence-corrected chi connectivity index (χ2v) is 6.13. The first kappa shape index (κ1) is 14.9. The molecule has 1 N–H and O–H groups in total. The molecule has 1 rings (SSSR count). The van der Waals surface area contributed by atoms with Gasteiger partial charge in [0.1, 0.15) is 10.7 Å². The molecule has 0 bridgehead atoms. The van der Waals surface area contributed by atoms with Crippen molar-refractivity contribution in [1.29, 1.82) is 0 Å². The summed E-state index contributed by atoms with van der Waals surface area (Å²) in [5.41, 5.74) is 0.269. The van der Waals surface area contributed by atoms with Crippen molar-refractivity contribution in [2.24, 2.45) is 0 Å². The molecular weight excluding hydrogens is 276 g/mol. The molecule has 0 saturated heterocycles. The highest BCUT2D eigenvalue weighted by Crippen LogP contribution is 2.32. The van der Waals surface area contributed by atoms with Crippen molar-refractivity contribution in [3.8, 4) is 0 Å². The lowest BCUT2D eigenvalue weighted by molar-refractivity contribution is -0.383. The van der Waals surface area contributed by atoms with E-state index < -0.39 is 15.7 Å². The van der Waals surface area contributed by atoms with Crippen LogP contribution in [-0.2, 0) is 10.8 Å². The van der Waals surface area contributed by atoms with Gasteiger partial charge in [-0.25, -0.2) is 0 Å². The highest BCUT2D eigenvalue weighted by atomic mass is 35.5. The van der Waals surface area contributed by atoms with Gasteiger partial charge in [-0.05, 0) is 18.6 Å². The van der Waals surface area contributed by atoms with Crippen LogP contribution in [0.3, 0.4) is 0 Å². The van der Waals surface area contributed by atoms with Crippen molar-refractivity contribution in [2.75, 3.05) is 18.1 Å². The Labute approximate surface area is 113 Å². The third kappa shape index (κ3) is 3.96. The first-order valence-electron chi connectivity index (χ1n) is 5.42. The minimum absolute atomic E-state index is 0.0516. The van der Waals surface area contributed by atoms with E-state index in [0.29, 0.717) is 18.7 Å². The molecule has 0 heterocycles. The summed E-state index contributed by atoms with van der Waals surface area (Å²) >= 11 is 5.79. The van der Waals surface area contributed by atoms with Gasteiger partial charge in [0.05, 0.1) is 4.92 Å². The lowest BCUT2D eigenvalue weighted by atomic mass is 10.2. The van der Waals surface area contributed by atoms with Crippen LogP contribution in [0.2, 0.25) is 5.02 Å². The van der Waals surface area contributed by atoms with Crippen molar-refractivity contribution in [3.05, 3.63) is 33.3 Å². The largest absolute Gasteiger partial charge is 0.379 e. The van der Waals surface area contributed by atoms with Crippen LogP contribution in [0.25, 0.3) is 0 Å². The summed E-state index contributed by atoms with van der Waals surface area (Å²) in [6, 6.07) is 4.74. The molecule has 0 aliphatic rings. The molecule has 1 aromatic rings. The van der Waals surface area contributed by atoms with Gasteiger partial charge in [0.25, 0.3) is 0 Å². The average molecular weight is 291 g/mol. The van der Waals surface area contributed by atoms with Crippen molar-refractivity contribution >= 4 is 33.8 Å². The minimum atomic E-state index is -0.887. The van der Waals surface area contributed by atoms with E-state index in [0.717, 1.165) is 0 Å². The number of hydrogen-bond acceptors (Lipinski definition) is 4. The topological polar surface area (TPSA) is 72.2 Å². The van der Waals surface area contributed by atoms with Crippen molar-refractivity contribution in [3.63, 3.8) is 0 Å². The molecule has 5 nitrogen and oxygen atoms in total. The monoisotopic (exact) mass is 290 g/mol. The number of para-hydroxylation sites is 1. The van der Waals surface area contributed by atoms with Gasteiger partial charge in [-0.15, -0.1) is 0 Å². The zero-order chi connectivity index (χ0) is 13.7. The second-order valence-electron chi connectivity index (χ2n) is 3.92. The molecule has 0 radical (unpaired) electrons. The smallest absolute Gasteiger partial charge is 0.310 e. The zero-order valence-corrected chi connectivity index (χ0v) is 11.8. The van der Waals surface area contributed by atoms with E-state index in [-0.39, 0.29) is 16.0 Å². The van der Waals surface area contributed by atoms with Crippen molar-refractivity contribution in [2.45, 2.75) is 18.6 Å². The molecule has 0 aliphatic heterocycles. The van der Waals surface area contributed by atoms with Crippen LogP contribution in [0.15, 0.2) is 18.2 Å². The second kappa shape index (κ2) is 6.70. The first-order valence-corrected chi connectivity index (χ1v) is 7.42. The lowest BCUT2D eigenvalue weighted by Crippen LogP contribution is -2.15. The SMILES string of the molecule is CC(CCNc1cccc(Cl)c1[N+](=O)[O-])S(C)=O. The summed E-state index contributed by atoms with van der Waals surface area (Å²) in [5, 5.41) is 14.0. The Balaban J connectivity index is 2.71. The normalized spacial score (nSPS) is 13.9. The molecule has 0 spiro atoms. The first-order chi connectivity index (χ1) is 8.43. The Morgan fingerprint density at radius 3 is 2.78 bits per heavy atom. The average Bonchev–Trinajstić information content (AvgIpc) is 2.28. The molecule has 100 valence electrons. The maximum Gasteiger partial charge on any atom is 0.310 e. The Bertz CT molecular complexity index is 468. The van der Waals surface area contributed by atoms with Crippen molar-refractivity contribution in [1.82, 2.24) is 0 Å². The Hall–Kier alpha value is -1.14. The number of rotatable bonds is 6. The van der Waals surface area contributed by atoms with Gasteiger partial charge in [0.15, 0.2) is 0 Å². The van der Waals surface area contributed by atoms with Gasteiger partial charge in [-0.2, -0.15) is 0 Å². The van der Waals surface area contributed by atoms with Gasteiger partial charge in [0.2, 0.25) is 0 Å². The van der Waals surface area contributed by atoms with Gasteiger partial charge in [0, 0.05) is 28.9 Å². The summed E-state index contributed by atoms with van der Waals surface area (Å²) in [6.07, 6.45) is 2.32. The Morgan fingerprint density at radius 2 is 2.22 bits per heavy atom. The molecule has 0 fully saturated rings. The molecular formula is C11H15ClN2O3S. The summed E-state index contributed by atoms with van der Waals surface area (Å²) in [4.78, 5) is 10.4. The number of halogens is 1. The maximum atomic E-state index is 11.2. The molecule has 1 aromatic carbocycles. The van der Waals surface area contributed by atoms with E-state index in [4.69, 9.17) is 11.6 Å². The number of nitro groups is 1. The predicted molar refractivity (Wildman–Crippen MR) is 74.7 cm³/mol. The summed E-state index contributed by atoms with van der Waals surface area (Å²) in [7, 11) is -0.887. The van der Waals surface area contributed by atoms with Crippen LogP contribution in [0.5, 0.6) is 0 Å². The molecule has 2 atom stereocenters. The fourth-order valence-electron chi connectivity index (χ4n) is 1.42. The van der Waals surface area contributed by atoms with E-state index in [9.17, 15) is 14.3 Å². The Morgan fingerprint density at radius 1 is 1.56 bits per heavy atom. The number of nitrogens with zero attached hydrogens (tertiary/aromatic N) is 1. The van der Waals surface area contributed by atoms with E-state index >= 15 is 0 Å². The standard InChI is InChI=1S/C11H15ClN2O3S/c1-8(18(2)17)6-7-13-10-5-3-4-9(12)11(10)14(15)16/h3-5,8,13H,6-7H2,1-2H3. The number of benzene rings is 1. The molecule has 0 amide bonds. The van der Waals surface area contributed by atoms with Crippen LogP contribution in [-0.4, -0.2) is 27.2 Å². The zero-order valence-electron chi connectivity index (χ0n) is 10.2. The van der Waals surface area contributed by atoms with Gasteiger partial charge < -0.3 is 5.32 Å². The third-order valence-electron chi connectivity index (χ3n) is 2.60. The van der Waals surface area contributed by atoms with Crippen LogP contribution >= 0.6 is 11.6 Å². The molecule has 0 saturated carbocycles. The highest BCUT2D eigenvalue weighted by molar-refractivity contribution is 7.84. The van der Waals surface area contributed by atoms with Crippen molar-refractivity contribution < 1.29 is 9.13 Å². The predicted octanol–water partition coefficient (Wildman–Crippen LogP) is 2.82. The van der Waals surface area contributed by atoms with Gasteiger partial charge in [-0.3, -0.25) is 14.3 Å². The third-order valence-corrected chi connectivity index (χ3v) is 4.28. The van der Waals surface area contributed by atoms with Gasteiger partial charge >= 0.3 is 5.69 Å². The Kier molecular flexibility index (Phi) is 5.55. The molecule has 0 aliphatic carbocycles. The van der Waals surface area contributed by atoms with Gasteiger partial charge in [-0.1, -0.05) is 24.6 Å². The summed E-state index contributed by atoms with van der Waals surface area (Å²) < 4.78 is 11.2. The molecule has 0 aromatic heterocycles. The number of nitro benzene ring substituents is 1. The van der Waals surface area contributed by atoms with E-state index in [1.807, 2.05) is 6.92 Å². The highest BCUT2D eigenvalue weighted by Gasteiger charge is 2.18. The van der Waals surface area contributed by atoms with Crippen LogP contribution in [0.1, 0.15) is 13.3 Å². The fourth-order valence-corrected chi connectivity index (χ4v) is 2.11. The number of hydrogen-bond donors (Lipinski definition) is 1. The number of anilines is 1. The minimum Gasteiger partial charge on any atom is -0.379 e. The fraction of sp³-hybridized carbons (Fsp3) is 0.455. The van der Waals surface area contributed by atoms with Crippen LogP contribution < -0.4 is 5.32 Å². The summed E-state index contributed by atoms with van der Waals surface area (Å²) in [5.74, 6) is 0. The van der Waals surface area contributed by atoms with E-state index in [2.05, 4.69) is 5.32 Å². The maximum absolute atomic E-state index is 11.2. The van der Waals surface area contributed by atoms with Crippen LogP contribution in [0.4, 0.5) is 11.4 Å². The molecule has 2 unspecified atom stereocenters. The molecule has 18 heavy (non-hydrogen) atoms. The van der Waals surface area contributed by atoms with Crippen LogP contribution in [0, 0.1) is 10.1 Å². The van der Waals surface area contributed by atoms with E-state index in [1.54, 1.807) is 18.4 Å². The number of nitrogens with one attached hydrogen (secondary N) is 1. The van der Waals surface area contributed by atoms with E-state index in [1.165, 1.54) is 6.07 Å². The quantitative estimate of drug-likeness (QED) is 0.646.